The predicted molar refractivity (Wildman–Crippen MR) is 87.0 cm³/mol. The lowest BCUT2D eigenvalue weighted by atomic mass is 10.1. The minimum absolute atomic E-state index is 0.257. The minimum Gasteiger partial charge on any atom is -0.505 e. The Labute approximate surface area is 140 Å². The van der Waals surface area contributed by atoms with Crippen LogP contribution in [0.3, 0.4) is 0 Å². The van der Waals surface area contributed by atoms with Crippen molar-refractivity contribution < 1.29 is 19.8 Å². The van der Waals surface area contributed by atoms with Crippen molar-refractivity contribution in [1.29, 1.82) is 0 Å². The summed E-state index contributed by atoms with van der Waals surface area (Å²) in [5.41, 5.74) is 1.24. The van der Waals surface area contributed by atoms with E-state index in [2.05, 4.69) is 19.7 Å². The molecular formula is C15H12N4O4S. The number of aliphatic carboxylic acids is 1. The van der Waals surface area contributed by atoms with Crippen molar-refractivity contribution >= 4 is 33.5 Å². The summed E-state index contributed by atoms with van der Waals surface area (Å²) < 4.78 is 4.82. The summed E-state index contributed by atoms with van der Waals surface area (Å²) >= 11 is 1.15. The normalized spacial score (nSPS) is 10.7. The molecule has 3 rings (SSSR count). The number of aromatic hydroxyl groups is 1. The van der Waals surface area contributed by atoms with Gasteiger partial charge in [-0.05, 0) is 30.6 Å². The Morgan fingerprint density at radius 1 is 1.33 bits per heavy atom. The van der Waals surface area contributed by atoms with Crippen LogP contribution in [0.2, 0.25) is 0 Å². The fourth-order valence-electron chi connectivity index (χ4n) is 2.22. The maximum atomic E-state index is 12.2. The molecule has 1 amide bonds. The number of carbonyl (C=O) groups is 2. The van der Waals surface area contributed by atoms with Crippen molar-refractivity contribution in [2.75, 3.05) is 6.54 Å². The molecule has 8 nitrogen and oxygen atoms in total. The van der Waals surface area contributed by atoms with Crippen LogP contribution < -0.4 is 5.32 Å². The van der Waals surface area contributed by atoms with Gasteiger partial charge in [0.15, 0.2) is 11.4 Å². The molecule has 0 fully saturated rings. The van der Waals surface area contributed by atoms with E-state index < -0.39 is 18.4 Å². The van der Waals surface area contributed by atoms with Crippen molar-refractivity contribution in [3.8, 4) is 17.1 Å². The van der Waals surface area contributed by atoms with E-state index in [9.17, 15) is 14.7 Å². The quantitative estimate of drug-likeness (QED) is 0.656. The second-order valence-corrected chi connectivity index (χ2v) is 5.69. The smallest absolute Gasteiger partial charge is 0.322 e. The number of aromatic nitrogens is 3. The number of aryl methyl sites for hydroxylation is 1. The summed E-state index contributed by atoms with van der Waals surface area (Å²) in [7, 11) is 0. The molecule has 0 unspecified atom stereocenters. The summed E-state index contributed by atoms with van der Waals surface area (Å²) in [5.74, 6) is -2.29. The summed E-state index contributed by atoms with van der Waals surface area (Å²) in [6.45, 7) is 1.14. The van der Waals surface area contributed by atoms with E-state index in [1.54, 1.807) is 31.3 Å². The fourth-order valence-corrected chi connectivity index (χ4v) is 3.11. The third kappa shape index (κ3) is 2.76. The molecule has 0 aliphatic carbocycles. The first-order valence-corrected chi connectivity index (χ1v) is 7.66. The predicted octanol–water partition coefficient (Wildman–Crippen LogP) is 1.58. The zero-order valence-corrected chi connectivity index (χ0v) is 13.3. The molecule has 0 spiro atoms. The number of rotatable bonds is 4. The van der Waals surface area contributed by atoms with Crippen LogP contribution in [0.25, 0.3) is 21.5 Å². The molecule has 0 radical (unpaired) electrons. The van der Waals surface area contributed by atoms with E-state index in [0.717, 1.165) is 11.5 Å². The highest BCUT2D eigenvalue weighted by Gasteiger charge is 2.23. The number of pyridine rings is 2. The number of carboxylic acids is 1. The van der Waals surface area contributed by atoms with Crippen LogP contribution in [-0.4, -0.2) is 43.0 Å². The molecule has 0 saturated carbocycles. The molecule has 3 aromatic rings. The summed E-state index contributed by atoms with van der Waals surface area (Å²) in [4.78, 5) is 31.3. The maximum Gasteiger partial charge on any atom is 0.322 e. The topological polar surface area (TPSA) is 125 Å². The number of nitrogens with zero attached hydrogens (tertiary/aromatic N) is 3. The second kappa shape index (κ2) is 6.20. The van der Waals surface area contributed by atoms with Gasteiger partial charge in [-0.15, -0.1) is 0 Å². The van der Waals surface area contributed by atoms with Crippen LogP contribution in [0.15, 0.2) is 24.4 Å². The molecule has 9 heteroatoms. The standard InChI is InChI=1S/C15H12N4O4S/c1-7-10-13(22)12(15(23)17-6-9(20)21)18-11(14(10)24-19-7)8-4-2-3-5-16-8/h2-5,22H,6H2,1H3,(H,17,23)(H,20,21). The number of hydrogen-bond acceptors (Lipinski definition) is 7. The van der Waals surface area contributed by atoms with E-state index in [1.165, 1.54) is 0 Å². The van der Waals surface area contributed by atoms with Crippen molar-refractivity contribution in [1.82, 2.24) is 19.7 Å². The summed E-state index contributed by atoms with van der Waals surface area (Å²) in [6.07, 6.45) is 1.59. The molecule has 24 heavy (non-hydrogen) atoms. The van der Waals surface area contributed by atoms with Crippen LogP contribution in [0, 0.1) is 6.92 Å². The van der Waals surface area contributed by atoms with Crippen molar-refractivity contribution in [2.24, 2.45) is 0 Å². The number of amides is 1. The average molecular weight is 344 g/mol. The Morgan fingerprint density at radius 2 is 2.12 bits per heavy atom. The molecule has 3 heterocycles. The van der Waals surface area contributed by atoms with Gasteiger partial charge in [0, 0.05) is 6.20 Å². The number of nitrogens with one attached hydrogen (secondary N) is 1. The lowest BCUT2D eigenvalue weighted by Gasteiger charge is -2.09. The van der Waals surface area contributed by atoms with Gasteiger partial charge in [-0.1, -0.05) is 6.07 Å². The number of carboxylic acid groups (broad SMARTS) is 1. The van der Waals surface area contributed by atoms with Crippen molar-refractivity contribution in [3.63, 3.8) is 0 Å². The number of carbonyl (C=O) groups excluding carboxylic acids is 1. The maximum absolute atomic E-state index is 12.2. The zero-order chi connectivity index (χ0) is 17.3. The van der Waals surface area contributed by atoms with E-state index >= 15 is 0 Å². The van der Waals surface area contributed by atoms with Gasteiger partial charge in [0.25, 0.3) is 5.91 Å². The highest BCUT2D eigenvalue weighted by atomic mass is 32.1. The average Bonchev–Trinajstić information content (AvgIpc) is 2.96. The first kappa shape index (κ1) is 15.8. The van der Waals surface area contributed by atoms with Crippen LogP contribution in [0.1, 0.15) is 16.2 Å². The molecule has 3 N–H and O–H groups in total. The Bertz CT molecular complexity index is 940. The van der Waals surface area contributed by atoms with Crippen LogP contribution >= 0.6 is 11.5 Å². The number of hydrogen-bond donors (Lipinski definition) is 3. The highest BCUT2D eigenvalue weighted by molar-refractivity contribution is 7.14. The van der Waals surface area contributed by atoms with Crippen LogP contribution in [-0.2, 0) is 4.79 Å². The van der Waals surface area contributed by atoms with Gasteiger partial charge < -0.3 is 15.5 Å². The largest absolute Gasteiger partial charge is 0.505 e. The van der Waals surface area contributed by atoms with Crippen molar-refractivity contribution in [2.45, 2.75) is 6.92 Å². The fraction of sp³-hybridized carbons (Fsp3) is 0.133. The van der Waals surface area contributed by atoms with E-state index in [-0.39, 0.29) is 11.4 Å². The van der Waals surface area contributed by atoms with Crippen LogP contribution in [0.5, 0.6) is 5.75 Å². The molecule has 0 saturated heterocycles. The summed E-state index contributed by atoms with van der Waals surface area (Å²) in [6, 6.07) is 5.26. The van der Waals surface area contributed by atoms with E-state index in [1.807, 2.05) is 0 Å². The van der Waals surface area contributed by atoms with Gasteiger partial charge in [-0.3, -0.25) is 14.6 Å². The first-order chi connectivity index (χ1) is 11.5. The Hall–Kier alpha value is -3.07. The van der Waals surface area contributed by atoms with Gasteiger partial charge in [0.05, 0.1) is 21.5 Å². The van der Waals surface area contributed by atoms with Crippen LogP contribution in [0.4, 0.5) is 0 Å². The first-order valence-electron chi connectivity index (χ1n) is 6.89. The number of fused-ring (bicyclic) bond motifs is 1. The monoisotopic (exact) mass is 344 g/mol. The third-order valence-corrected chi connectivity index (χ3v) is 4.23. The molecular weight excluding hydrogens is 332 g/mol. The lowest BCUT2D eigenvalue weighted by molar-refractivity contribution is -0.135. The van der Waals surface area contributed by atoms with Gasteiger partial charge in [-0.2, -0.15) is 4.37 Å². The molecule has 0 atom stereocenters. The Morgan fingerprint density at radius 3 is 2.79 bits per heavy atom. The zero-order valence-electron chi connectivity index (χ0n) is 12.5. The molecule has 0 aliphatic rings. The molecule has 3 aromatic heterocycles. The summed E-state index contributed by atoms with van der Waals surface area (Å²) in [5, 5.41) is 21.7. The van der Waals surface area contributed by atoms with Gasteiger partial charge in [0.1, 0.15) is 12.2 Å². The SMILES string of the molecule is Cc1nsc2c(-c3ccccn3)nc(C(=O)NCC(=O)O)c(O)c12. The molecule has 0 aromatic carbocycles. The Balaban J connectivity index is 2.20. The van der Waals surface area contributed by atoms with E-state index in [4.69, 9.17) is 5.11 Å². The Kier molecular flexibility index (Phi) is 4.09. The third-order valence-electron chi connectivity index (χ3n) is 3.29. The molecule has 0 aliphatic heterocycles. The second-order valence-electron chi connectivity index (χ2n) is 4.92. The molecule has 0 bridgehead atoms. The van der Waals surface area contributed by atoms with Crippen molar-refractivity contribution in [3.05, 3.63) is 35.8 Å². The highest BCUT2D eigenvalue weighted by Crippen LogP contribution is 2.38. The lowest BCUT2D eigenvalue weighted by Crippen LogP contribution is -2.30. The minimum atomic E-state index is -1.19. The van der Waals surface area contributed by atoms with E-state index in [0.29, 0.717) is 27.2 Å². The van der Waals surface area contributed by atoms with Gasteiger partial charge in [0.2, 0.25) is 0 Å². The molecule has 122 valence electrons. The van der Waals surface area contributed by atoms with Gasteiger partial charge >= 0.3 is 5.97 Å². The van der Waals surface area contributed by atoms with Gasteiger partial charge in [-0.25, -0.2) is 4.98 Å².